The van der Waals surface area contributed by atoms with Gasteiger partial charge in [-0.1, -0.05) is 6.07 Å². The first kappa shape index (κ1) is 17.4. The summed E-state index contributed by atoms with van der Waals surface area (Å²) in [5.74, 6) is 0.322. The third-order valence-corrected chi connectivity index (χ3v) is 4.88. The standard InChI is InChI=1S/C21H21NO5/c1-13(20(23)22-17-8-9-18-19(11-17)26-12-25-18)27-21(24)16-7-6-14-4-2-3-5-15(14)10-16/h6-11,13H,2-5,12H2,1H3,(H,22,23)/t13-/m0/s1. The number of carbonyl (C=O) groups excluding carboxylic acids is 2. The maximum atomic E-state index is 12.4. The van der Waals surface area contributed by atoms with E-state index in [4.69, 9.17) is 14.2 Å². The molecule has 0 saturated heterocycles. The van der Waals surface area contributed by atoms with Crippen molar-refractivity contribution in [1.82, 2.24) is 0 Å². The zero-order valence-electron chi connectivity index (χ0n) is 15.1. The number of hydrogen-bond donors (Lipinski definition) is 1. The molecule has 1 aliphatic heterocycles. The molecule has 0 bridgehead atoms. The lowest BCUT2D eigenvalue weighted by atomic mass is 9.90. The summed E-state index contributed by atoms with van der Waals surface area (Å²) >= 11 is 0. The zero-order chi connectivity index (χ0) is 18.8. The van der Waals surface area contributed by atoms with Gasteiger partial charge < -0.3 is 19.5 Å². The van der Waals surface area contributed by atoms with Gasteiger partial charge in [-0.05, 0) is 68.0 Å². The molecule has 0 saturated carbocycles. The third-order valence-electron chi connectivity index (χ3n) is 4.88. The molecule has 4 rings (SSSR count). The van der Waals surface area contributed by atoms with E-state index in [1.807, 2.05) is 12.1 Å². The number of anilines is 1. The van der Waals surface area contributed by atoms with Gasteiger partial charge in [-0.25, -0.2) is 4.79 Å². The molecule has 2 aromatic rings. The summed E-state index contributed by atoms with van der Waals surface area (Å²) < 4.78 is 15.9. The number of ether oxygens (including phenoxy) is 3. The molecule has 0 spiro atoms. The first-order valence-electron chi connectivity index (χ1n) is 9.13. The average Bonchev–Trinajstić information content (AvgIpc) is 3.15. The topological polar surface area (TPSA) is 73.9 Å². The van der Waals surface area contributed by atoms with Crippen LogP contribution in [0.1, 0.15) is 41.3 Å². The molecule has 27 heavy (non-hydrogen) atoms. The number of amides is 1. The fraction of sp³-hybridized carbons (Fsp3) is 0.333. The Morgan fingerprint density at radius 1 is 1.00 bits per heavy atom. The lowest BCUT2D eigenvalue weighted by molar-refractivity contribution is -0.123. The maximum Gasteiger partial charge on any atom is 0.338 e. The van der Waals surface area contributed by atoms with E-state index in [2.05, 4.69) is 5.32 Å². The summed E-state index contributed by atoms with van der Waals surface area (Å²) in [5, 5.41) is 2.73. The highest BCUT2D eigenvalue weighted by molar-refractivity contribution is 5.97. The smallest absolute Gasteiger partial charge is 0.338 e. The van der Waals surface area contributed by atoms with Crippen LogP contribution in [0.2, 0.25) is 0 Å². The molecule has 2 aromatic carbocycles. The maximum absolute atomic E-state index is 12.4. The van der Waals surface area contributed by atoms with Crippen LogP contribution >= 0.6 is 0 Å². The van der Waals surface area contributed by atoms with Crippen molar-refractivity contribution in [3.05, 3.63) is 53.1 Å². The van der Waals surface area contributed by atoms with Gasteiger partial charge in [0.1, 0.15) is 0 Å². The molecular weight excluding hydrogens is 346 g/mol. The summed E-state index contributed by atoms with van der Waals surface area (Å²) in [6, 6.07) is 10.8. The van der Waals surface area contributed by atoms with Gasteiger partial charge in [-0.15, -0.1) is 0 Å². The van der Waals surface area contributed by atoms with Crippen LogP contribution in [0.15, 0.2) is 36.4 Å². The van der Waals surface area contributed by atoms with Crippen LogP contribution in [0.5, 0.6) is 11.5 Å². The molecular formula is C21H21NO5. The van der Waals surface area contributed by atoms with Crippen LogP contribution in [0.4, 0.5) is 5.69 Å². The fourth-order valence-corrected chi connectivity index (χ4v) is 3.36. The van der Waals surface area contributed by atoms with Crippen LogP contribution < -0.4 is 14.8 Å². The lowest BCUT2D eigenvalue weighted by Crippen LogP contribution is -2.30. The molecule has 1 aliphatic carbocycles. The van der Waals surface area contributed by atoms with Crippen molar-refractivity contribution in [2.45, 2.75) is 38.7 Å². The highest BCUT2D eigenvalue weighted by Crippen LogP contribution is 2.34. The van der Waals surface area contributed by atoms with Gasteiger partial charge in [-0.3, -0.25) is 4.79 Å². The van der Waals surface area contributed by atoms with Crippen LogP contribution in [-0.4, -0.2) is 24.8 Å². The summed E-state index contributed by atoms with van der Waals surface area (Å²) in [7, 11) is 0. The van der Waals surface area contributed by atoms with E-state index in [-0.39, 0.29) is 6.79 Å². The van der Waals surface area contributed by atoms with Crippen LogP contribution in [0.3, 0.4) is 0 Å². The summed E-state index contributed by atoms with van der Waals surface area (Å²) in [5.41, 5.74) is 3.54. The first-order chi connectivity index (χ1) is 13.1. The van der Waals surface area contributed by atoms with Crippen molar-refractivity contribution in [2.75, 3.05) is 12.1 Å². The second kappa shape index (κ2) is 7.31. The Balaban J connectivity index is 1.38. The fourth-order valence-electron chi connectivity index (χ4n) is 3.36. The number of fused-ring (bicyclic) bond motifs is 2. The van der Waals surface area contributed by atoms with Crippen molar-refractivity contribution in [3.63, 3.8) is 0 Å². The highest BCUT2D eigenvalue weighted by atomic mass is 16.7. The molecule has 1 amide bonds. The van der Waals surface area contributed by atoms with E-state index in [0.29, 0.717) is 22.7 Å². The Hall–Kier alpha value is -3.02. The minimum Gasteiger partial charge on any atom is -0.454 e. The van der Waals surface area contributed by atoms with E-state index in [1.54, 1.807) is 31.2 Å². The summed E-state index contributed by atoms with van der Waals surface area (Å²) in [6.07, 6.45) is 3.45. The van der Waals surface area contributed by atoms with Gasteiger partial charge in [-0.2, -0.15) is 0 Å². The molecule has 6 nitrogen and oxygen atoms in total. The number of rotatable bonds is 4. The zero-order valence-corrected chi connectivity index (χ0v) is 15.1. The van der Waals surface area contributed by atoms with E-state index in [1.165, 1.54) is 17.5 Å². The third kappa shape index (κ3) is 3.74. The van der Waals surface area contributed by atoms with Crippen LogP contribution in [0, 0.1) is 0 Å². The highest BCUT2D eigenvalue weighted by Gasteiger charge is 2.21. The van der Waals surface area contributed by atoms with Gasteiger partial charge in [0.2, 0.25) is 6.79 Å². The molecule has 2 aliphatic rings. The van der Waals surface area contributed by atoms with E-state index in [0.717, 1.165) is 19.3 Å². The largest absolute Gasteiger partial charge is 0.454 e. The lowest BCUT2D eigenvalue weighted by Gasteiger charge is -2.17. The molecule has 0 radical (unpaired) electrons. The van der Waals surface area contributed by atoms with E-state index < -0.39 is 18.0 Å². The van der Waals surface area contributed by atoms with Crippen molar-refractivity contribution in [2.24, 2.45) is 0 Å². The molecule has 0 unspecified atom stereocenters. The number of esters is 1. The molecule has 1 heterocycles. The Labute approximate surface area is 157 Å². The molecule has 140 valence electrons. The van der Waals surface area contributed by atoms with E-state index in [9.17, 15) is 9.59 Å². The molecule has 0 fully saturated rings. The quantitative estimate of drug-likeness (QED) is 0.838. The van der Waals surface area contributed by atoms with E-state index >= 15 is 0 Å². The Kier molecular flexibility index (Phi) is 4.71. The van der Waals surface area contributed by atoms with Gasteiger partial charge in [0.25, 0.3) is 5.91 Å². The van der Waals surface area contributed by atoms with Crippen molar-refractivity contribution < 1.29 is 23.8 Å². The molecule has 6 heteroatoms. The van der Waals surface area contributed by atoms with Crippen molar-refractivity contribution in [3.8, 4) is 11.5 Å². The Morgan fingerprint density at radius 2 is 1.78 bits per heavy atom. The van der Waals surface area contributed by atoms with Gasteiger partial charge in [0.15, 0.2) is 17.6 Å². The Morgan fingerprint density at radius 3 is 2.63 bits per heavy atom. The minimum atomic E-state index is -0.918. The number of aryl methyl sites for hydroxylation is 2. The van der Waals surface area contributed by atoms with Crippen molar-refractivity contribution in [1.29, 1.82) is 0 Å². The molecule has 1 atom stereocenters. The van der Waals surface area contributed by atoms with Crippen LogP contribution in [0.25, 0.3) is 0 Å². The van der Waals surface area contributed by atoms with Gasteiger partial charge in [0.05, 0.1) is 5.56 Å². The second-order valence-corrected chi connectivity index (χ2v) is 6.80. The monoisotopic (exact) mass is 367 g/mol. The Bertz CT molecular complexity index is 892. The summed E-state index contributed by atoms with van der Waals surface area (Å²) in [6.45, 7) is 1.72. The summed E-state index contributed by atoms with van der Waals surface area (Å²) in [4.78, 5) is 24.8. The molecule has 1 N–H and O–H groups in total. The minimum absolute atomic E-state index is 0.168. The van der Waals surface area contributed by atoms with Crippen molar-refractivity contribution >= 4 is 17.6 Å². The normalized spacial score (nSPS) is 15.6. The number of benzene rings is 2. The number of hydrogen-bond acceptors (Lipinski definition) is 5. The first-order valence-corrected chi connectivity index (χ1v) is 9.13. The molecule has 0 aromatic heterocycles. The predicted octanol–water partition coefficient (Wildman–Crippen LogP) is 3.48. The average molecular weight is 367 g/mol. The van der Waals surface area contributed by atoms with Crippen LogP contribution in [-0.2, 0) is 22.4 Å². The number of carbonyl (C=O) groups is 2. The van der Waals surface area contributed by atoms with Gasteiger partial charge in [0, 0.05) is 11.8 Å². The SMILES string of the molecule is C[C@H](OC(=O)c1ccc2c(c1)CCCC2)C(=O)Nc1ccc2c(c1)OCO2. The second-order valence-electron chi connectivity index (χ2n) is 6.80. The predicted molar refractivity (Wildman–Crippen MR) is 99.2 cm³/mol. The van der Waals surface area contributed by atoms with Gasteiger partial charge >= 0.3 is 5.97 Å². The number of nitrogens with one attached hydrogen (secondary N) is 1.